The Labute approximate surface area is 223 Å². The van der Waals surface area contributed by atoms with Crippen LogP contribution in [0.1, 0.15) is 55.6 Å². The van der Waals surface area contributed by atoms with Crippen LogP contribution in [0.5, 0.6) is 0 Å². The highest BCUT2D eigenvalue weighted by atomic mass is 32.2. The minimum absolute atomic E-state index is 0. The molecule has 0 bridgehead atoms. The molecule has 204 valence electrons. The number of aryl methyl sites for hydroxylation is 1. The van der Waals surface area contributed by atoms with Crippen LogP contribution >= 0.6 is 0 Å². The predicted molar refractivity (Wildman–Crippen MR) is 155 cm³/mol. The van der Waals surface area contributed by atoms with Gasteiger partial charge in [0.05, 0.1) is 5.75 Å². The summed E-state index contributed by atoms with van der Waals surface area (Å²) >= 11 is 0. The lowest BCUT2D eigenvalue weighted by molar-refractivity contribution is -0.116. The topological polar surface area (TPSA) is 113 Å². The zero-order valence-electron chi connectivity index (χ0n) is 20.3. The van der Waals surface area contributed by atoms with E-state index < -0.39 is 10.1 Å². The number of carbonyl (C=O) groups is 2. The van der Waals surface area contributed by atoms with Gasteiger partial charge in [-0.3, -0.25) is 14.1 Å². The van der Waals surface area contributed by atoms with Gasteiger partial charge >= 0.3 is 0 Å². The molecule has 1 unspecified atom stereocenters. The van der Waals surface area contributed by atoms with E-state index in [2.05, 4.69) is 10.6 Å². The zero-order chi connectivity index (χ0) is 26.1. The summed E-state index contributed by atoms with van der Waals surface area (Å²) in [4.78, 5) is 22.7. The number of hydrogen-bond donors (Lipinski definition) is 3. The quantitative estimate of drug-likeness (QED) is 0.243. The molecule has 3 rings (SSSR count). The predicted octanol–water partition coefficient (Wildman–Crippen LogP) is 5.99. The first kappa shape index (κ1) is 35.8. The second-order valence-corrected chi connectivity index (χ2v) is 9.42. The van der Waals surface area contributed by atoms with Crippen LogP contribution in [0.15, 0.2) is 84.9 Å². The monoisotopic (exact) mass is 530 g/mol. The summed E-state index contributed by atoms with van der Waals surface area (Å²) in [6.07, 6.45) is 1.23. The molecule has 3 aromatic rings. The molecule has 0 saturated carbocycles. The average molecular weight is 531 g/mol. The Morgan fingerprint density at radius 1 is 0.919 bits per heavy atom. The van der Waals surface area contributed by atoms with Crippen molar-refractivity contribution in [1.29, 1.82) is 0 Å². The van der Waals surface area contributed by atoms with E-state index in [0.29, 0.717) is 18.5 Å². The number of nitrogens with one attached hydrogen (secondary N) is 2. The Morgan fingerprint density at radius 3 is 1.78 bits per heavy atom. The van der Waals surface area contributed by atoms with Crippen molar-refractivity contribution in [2.45, 2.75) is 41.0 Å². The zero-order valence-corrected chi connectivity index (χ0v) is 21.2. The highest BCUT2D eigenvalue weighted by Gasteiger charge is 2.11. The fourth-order valence-electron chi connectivity index (χ4n) is 2.76. The van der Waals surface area contributed by atoms with Crippen LogP contribution in [-0.2, 0) is 14.9 Å². The smallest absolute Gasteiger partial charge is 0.266 e. The summed E-state index contributed by atoms with van der Waals surface area (Å²) in [7, 11) is -2.13. The Morgan fingerprint density at radius 2 is 1.41 bits per heavy atom. The molecule has 8 heteroatoms. The van der Waals surface area contributed by atoms with Crippen LogP contribution in [0.2, 0.25) is 0 Å². The number of aldehydes is 1. The lowest BCUT2D eigenvalue weighted by Crippen LogP contribution is -2.18. The normalized spacial score (nSPS) is 10.5. The van der Waals surface area contributed by atoms with Crippen molar-refractivity contribution in [3.8, 4) is 0 Å². The molecule has 0 aliphatic carbocycles. The molecule has 1 amide bonds. The standard InChI is InChI=1S/C18H19NO2.C6H6.C3H9NO3S.2CH4/c1-13-3-9-17(10-4-13)19-18(21)11-14(2)16-7-5-15(12-20)6-8-16;1-2-4-6-5-3-1;1-4-2-3-8(5,6)7;;/h3-10,12,14H,11H2,1-2H3,(H,19,21);1-6H;4H,2-3H2,1H3,(H,5,6,7);2*1H4. The molecule has 0 aliphatic rings. The van der Waals surface area contributed by atoms with Gasteiger partial charge in [-0.1, -0.05) is 100 Å². The number of amides is 1. The van der Waals surface area contributed by atoms with Gasteiger partial charge in [-0.15, -0.1) is 0 Å². The SMILES string of the molecule is C.C.CNCCS(=O)(=O)O.Cc1ccc(NC(=O)CC(C)c2ccc(C=O)cc2)cc1.c1ccccc1. The fourth-order valence-corrected chi connectivity index (χ4v) is 3.23. The molecule has 1 atom stereocenters. The summed E-state index contributed by atoms with van der Waals surface area (Å²) in [5, 5.41) is 5.48. The van der Waals surface area contributed by atoms with Crippen molar-refractivity contribution in [1.82, 2.24) is 5.32 Å². The molecule has 3 N–H and O–H groups in total. The van der Waals surface area contributed by atoms with E-state index in [4.69, 9.17) is 4.55 Å². The van der Waals surface area contributed by atoms with E-state index in [0.717, 1.165) is 23.1 Å². The summed E-state index contributed by atoms with van der Waals surface area (Å²) in [5.41, 5.74) is 3.68. The lowest BCUT2D eigenvalue weighted by atomic mass is 9.96. The van der Waals surface area contributed by atoms with Gasteiger partial charge in [0.2, 0.25) is 5.91 Å². The van der Waals surface area contributed by atoms with Crippen LogP contribution in [0.25, 0.3) is 0 Å². The summed E-state index contributed by atoms with van der Waals surface area (Å²) in [6, 6.07) is 27.1. The number of benzene rings is 3. The number of carbonyl (C=O) groups excluding carboxylic acids is 2. The number of rotatable bonds is 8. The van der Waals surface area contributed by atoms with E-state index in [-0.39, 0.29) is 32.4 Å². The van der Waals surface area contributed by atoms with Crippen molar-refractivity contribution in [3.05, 3.63) is 102 Å². The van der Waals surface area contributed by atoms with Crippen molar-refractivity contribution in [2.75, 3.05) is 24.7 Å². The third kappa shape index (κ3) is 17.7. The highest BCUT2D eigenvalue weighted by Crippen LogP contribution is 2.20. The Kier molecular flexibility index (Phi) is 19.2. The minimum Gasteiger partial charge on any atom is -0.326 e. The summed E-state index contributed by atoms with van der Waals surface area (Å²) in [5.74, 6) is -0.120. The first-order valence-corrected chi connectivity index (χ1v) is 12.8. The second kappa shape index (κ2) is 19.8. The maximum absolute atomic E-state index is 12.0. The largest absolute Gasteiger partial charge is 0.326 e. The van der Waals surface area contributed by atoms with Gasteiger partial charge in [0.15, 0.2) is 0 Å². The highest BCUT2D eigenvalue weighted by molar-refractivity contribution is 7.85. The third-order valence-corrected chi connectivity index (χ3v) is 5.47. The van der Waals surface area contributed by atoms with E-state index in [1.165, 1.54) is 0 Å². The second-order valence-electron chi connectivity index (χ2n) is 7.85. The van der Waals surface area contributed by atoms with Crippen molar-refractivity contribution in [3.63, 3.8) is 0 Å². The first-order chi connectivity index (χ1) is 16.6. The molecule has 3 aromatic carbocycles. The molecular weight excluding hydrogens is 488 g/mol. The van der Waals surface area contributed by atoms with Crippen molar-refractivity contribution >= 4 is 28.0 Å². The van der Waals surface area contributed by atoms with Gasteiger partial charge in [0, 0.05) is 24.2 Å². The van der Waals surface area contributed by atoms with Gasteiger partial charge in [-0.2, -0.15) is 8.42 Å². The van der Waals surface area contributed by atoms with Gasteiger partial charge in [-0.05, 0) is 37.6 Å². The Hall–Kier alpha value is -3.33. The first-order valence-electron chi connectivity index (χ1n) is 11.2. The van der Waals surface area contributed by atoms with Crippen molar-refractivity contribution < 1.29 is 22.6 Å². The molecule has 0 fully saturated rings. The summed E-state index contributed by atoms with van der Waals surface area (Å²) in [6.45, 7) is 4.31. The van der Waals surface area contributed by atoms with E-state index in [1.807, 2.05) is 86.6 Å². The van der Waals surface area contributed by atoms with Crippen LogP contribution < -0.4 is 10.6 Å². The molecule has 0 aromatic heterocycles. The molecular formula is C29H42N2O5S. The van der Waals surface area contributed by atoms with E-state index in [9.17, 15) is 18.0 Å². The van der Waals surface area contributed by atoms with Gasteiger partial charge in [0.25, 0.3) is 10.1 Å². The molecule has 0 aliphatic heterocycles. The molecule has 0 spiro atoms. The van der Waals surface area contributed by atoms with Gasteiger partial charge < -0.3 is 10.6 Å². The molecule has 7 nitrogen and oxygen atoms in total. The fraction of sp³-hybridized carbons (Fsp3) is 0.310. The van der Waals surface area contributed by atoms with Crippen LogP contribution in [0, 0.1) is 6.92 Å². The Bertz CT molecular complexity index is 1070. The van der Waals surface area contributed by atoms with Gasteiger partial charge in [0.1, 0.15) is 6.29 Å². The number of hydrogen-bond acceptors (Lipinski definition) is 5. The molecule has 0 saturated heterocycles. The molecule has 37 heavy (non-hydrogen) atoms. The average Bonchev–Trinajstić information content (AvgIpc) is 2.85. The maximum atomic E-state index is 12.0. The van der Waals surface area contributed by atoms with E-state index in [1.54, 1.807) is 19.2 Å². The van der Waals surface area contributed by atoms with Crippen LogP contribution in [0.3, 0.4) is 0 Å². The van der Waals surface area contributed by atoms with Crippen LogP contribution in [0.4, 0.5) is 5.69 Å². The maximum Gasteiger partial charge on any atom is 0.266 e. The minimum atomic E-state index is -3.75. The lowest BCUT2D eigenvalue weighted by Gasteiger charge is -2.12. The Balaban J connectivity index is 0. The van der Waals surface area contributed by atoms with Crippen molar-refractivity contribution in [2.24, 2.45) is 0 Å². The summed E-state index contributed by atoms with van der Waals surface area (Å²) < 4.78 is 27.9. The van der Waals surface area contributed by atoms with Gasteiger partial charge in [-0.25, -0.2) is 0 Å². The molecule has 0 heterocycles. The third-order valence-electron chi connectivity index (χ3n) is 4.75. The van der Waals surface area contributed by atoms with E-state index >= 15 is 0 Å². The van der Waals surface area contributed by atoms with Crippen LogP contribution in [-0.4, -0.2) is 44.5 Å². The number of anilines is 1. The molecule has 0 radical (unpaired) electrons.